The second-order valence-corrected chi connectivity index (χ2v) is 6.85. The molecule has 1 aromatic heterocycles. The van der Waals surface area contributed by atoms with Crippen molar-refractivity contribution in [1.29, 1.82) is 0 Å². The fourth-order valence-corrected chi connectivity index (χ4v) is 2.66. The van der Waals surface area contributed by atoms with Crippen LogP contribution >= 0.6 is 0 Å². The fourth-order valence-electron chi connectivity index (χ4n) is 1.36. The second-order valence-electron chi connectivity index (χ2n) is 5.15. The maximum Gasteiger partial charge on any atom is 0.246 e. The van der Waals surface area contributed by atoms with Gasteiger partial charge in [0.15, 0.2) is 11.5 Å². The first-order chi connectivity index (χ1) is 8.05. The molecule has 0 aliphatic rings. The van der Waals surface area contributed by atoms with Gasteiger partial charge in [-0.25, -0.2) is 13.1 Å². The molecular weight excluding hydrogens is 256 g/mol. The normalized spacial score (nSPS) is 12.7. The Bertz CT molecular complexity index is 533. The maximum absolute atomic E-state index is 12.0. The van der Waals surface area contributed by atoms with E-state index in [-0.39, 0.29) is 28.7 Å². The monoisotopic (exact) mass is 274 g/mol. The smallest absolute Gasteiger partial charge is 0.246 e. The lowest BCUT2D eigenvalue weighted by Gasteiger charge is -2.16. The summed E-state index contributed by atoms with van der Waals surface area (Å²) >= 11 is 0. The SMILES string of the molecule is Cc1noc(C)c1S(=O)(=O)NCC(=O)C(C)(C)C. The standard InChI is InChI=1S/C11H18N2O4S/c1-7-10(8(2)17-13-7)18(15,16)12-6-9(14)11(3,4)5/h12H,6H2,1-5H3. The van der Waals surface area contributed by atoms with Gasteiger partial charge in [-0.15, -0.1) is 0 Å². The van der Waals surface area contributed by atoms with Crippen LogP contribution in [0.2, 0.25) is 0 Å². The third-order valence-corrected chi connectivity index (χ3v) is 4.14. The van der Waals surface area contributed by atoms with Gasteiger partial charge in [-0.1, -0.05) is 25.9 Å². The third kappa shape index (κ3) is 3.17. The van der Waals surface area contributed by atoms with Crippen molar-refractivity contribution in [1.82, 2.24) is 9.88 Å². The Balaban J connectivity index is 2.89. The predicted octanol–water partition coefficient (Wildman–Crippen LogP) is 1.18. The minimum atomic E-state index is -3.76. The number of rotatable bonds is 4. The second kappa shape index (κ2) is 4.81. The summed E-state index contributed by atoms with van der Waals surface area (Å²) in [5, 5.41) is 3.58. The summed E-state index contributed by atoms with van der Waals surface area (Å²) in [6.07, 6.45) is 0. The van der Waals surface area contributed by atoms with Gasteiger partial charge >= 0.3 is 0 Å². The first-order valence-electron chi connectivity index (χ1n) is 5.51. The van der Waals surface area contributed by atoms with Gasteiger partial charge in [-0.05, 0) is 13.8 Å². The molecule has 1 heterocycles. The molecule has 0 fully saturated rings. The highest BCUT2D eigenvalue weighted by atomic mass is 32.2. The van der Waals surface area contributed by atoms with Gasteiger partial charge < -0.3 is 4.52 Å². The largest absolute Gasteiger partial charge is 0.360 e. The van der Waals surface area contributed by atoms with E-state index < -0.39 is 15.4 Å². The lowest BCUT2D eigenvalue weighted by Crippen LogP contribution is -2.35. The Hall–Kier alpha value is -1.21. The van der Waals surface area contributed by atoms with Crippen molar-refractivity contribution in [2.24, 2.45) is 5.41 Å². The van der Waals surface area contributed by atoms with Crippen LogP contribution in [0.25, 0.3) is 0 Å². The van der Waals surface area contributed by atoms with E-state index in [1.54, 1.807) is 20.8 Å². The molecule has 1 aromatic rings. The number of carbonyl (C=O) groups excluding carboxylic acids is 1. The Labute approximate surface area is 107 Å². The lowest BCUT2D eigenvalue weighted by molar-refractivity contribution is -0.125. The average Bonchev–Trinajstić information content (AvgIpc) is 2.54. The van der Waals surface area contributed by atoms with E-state index in [0.717, 1.165) is 0 Å². The van der Waals surface area contributed by atoms with Crippen molar-refractivity contribution < 1.29 is 17.7 Å². The molecule has 1 rings (SSSR count). The van der Waals surface area contributed by atoms with Gasteiger partial charge in [0.2, 0.25) is 10.0 Å². The summed E-state index contributed by atoms with van der Waals surface area (Å²) in [7, 11) is -3.76. The fraction of sp³-hybridized carbons (Fsp3) is 0.636. The molecule has 0 aliphatic carbocycles. The van der Waals surface area contributed by atoms with Crippen LogP contribution in [-0.4, -0.2) is 25.9 Å². The molecule has 0 bridgehead atoms. The number of hydrogen-bond donors (Lipinski definition) is 1. The molecule has 0 aliphatic heterocycles. The highest BCUT2D eigenvalue weighted by molar-refractivity contribution is 7.89. The molecule has 0 atom stereocenters. The minimum Gasteiger partial charge on any atom is -0.360 e. The summed E-state index contributed by atoms with van der Waals surface area (Å²) in [6, 6.07) is 0. The molecule has 1 N–H and O–H groups in total. The van der Waals surface area contributed by atoms with Crippen LogP contribution in [0.15, 0.2) is 9.42 Å². The molecule has 6 nitrogen and oxygen atoms in total. The number of nitrogens with zero attached hydrogens (tertiary/aromatic N) is 1. The van der Waals surface area contributed by atoms with Crippen LogP contribution in [0.1, 0.15) is 32.2 Å². The van der Waals surface area contributed by atoms with Gasteiger partial charge in [0.05, 0.1) is 6.54 Å². The molecule has 0 amide bonds. The number of sulfonamides is 1. The molecule has 0 spiro atoms. The topological polar surface area (TPSA) is 89.3 Å². The zero-order valence-corrected chi connectivity index (χ0v) is 12.0. The van der Waals surface area contributed by atoms with Crippen molar-refractivity contribution in [2.75, 3.05) is 6.54 Å². The van der Waals surface area contributed by atoms with E-state index in [1.807, 2.05) is 0 Å². The molecule has 0 saturated heterocycles. The zero-order chi connectivity index (χ0) is 14.1. The Kier molecular flexibility index (Phi) is 3.97. The van der Waals surface area contributed by atoms with E-state index in [0.29, 0.717) is 0 Å². The van der Waals surface area contributed by atoms with E-state index in [1.165, 1.54) is 13.8 Å². The van der Waals surface area contributed by atoms with E-state index in [9.17, 15) is 13.2 Å². The number of aromatic nitrogens is 1. The van der Waals surface area contributed by atoms with Crippen molar-refractivity contribution in [3.05, 3.63) is 11.5 Å². The van der Waals surface area contributed by atoms with Crippen molar-refractivity contribution >= 4 is 15.8 Å². The molecule has 0 radical (unpaired) electrons. The highest BCUT2D eigenvalue weighted by Gasteiger charge is 2.27. The number of nitrogens with one attached hydrogen (secondary N) is 1. The Morgan fingerprint density at radius 2 is 1.89 bits per heavy atom. The molecule has 7 heteroatoms. The van der Waals surface area contributed by atoms with Gasteiger partial charge in [-0.3, -0.25) is 4.79 Å². The first-order valence-corrected chi connectivity index (χ1v) is 7.00. The van der Waals surface area contributed by atoms with Crippen LogP contribution in [0.4, 0.5) is 0 Å². The first kappa shape index (κ1) is 14.8. The van der Waals surface area contributed by atoms with Crippen LogP contribution in [0.3, 0.4) is 0 Å². The summed E-state index contributed by atoms with van der Waals surface area (Å²) in [5.74, 6) is 0.0287. The molecule has 0 aromatic carbocycles. The van der Waals surface area contributed by atoms with E-state index in [2.05, 4.69) is 9.88 Å². The number of carbonyl (C=O) groups is 1. The zero-order valence-electron chi connectivity index (χ0n) is 11.2. The molecule has 18 heavy (non-hydrogen) atoms. The Morgan fingerprint density at radius 3 is 2.28 bits per heavy atom. The Morgan fingerprint density at radius 1 is 1.33 bits per heavy atom. The highest BCUT2D eigenvalue weighted by Crippen LogP contribution is 2.19. The number of hydrogen-bond acceptors (Lipinski definition) is 5. The third-order valence-electron chi connectivity index (χ3n) is 2.50. The predicted molar refractivity (Wildman–Crippen MR) is 65.6 cm³/mol. The molecule has 102 valence electrons. The van der Waals surface area contributed by atoms with Crippen molar-refractivity contribution in [3.63, 3.8) is 0 Å². The number of ketones is 1. The summed E-state index contributed by atoms with van der Waals surface area (Å²) in [6.45, 7) is 8.02. The molecule has 0 unspecified atom stereocenters. The average molecular weight is 274 g/mol. The van der Waals surface area contributed by atoms with Crippen molar-refractivity contribution in [2.45, 2.75) is 39.5 Å². The van der Waals surface area contributed by atoms with Crippen LogP contribution in [0.5, 0.6) is 0 Å². The van der Waals surface area contributed by atoms with Crippen LogP contribution < -0.4 is 4.72 Å². The summed E-state index contributed by atoms with van der Waals surface area (Å²) < 4.78 is 31.1. The van der Waals surface area contributed by atoms with E-state index in [4.69, 9.17) is 4.52 Å². The number of aryl methyl sites for hydroxylation is 2. The molecular formula is C11H18N2O4S. The van der Waals surface area contributed by atoms with E-state index >= 15 is 0 Å². The van der Waals surface area contributed by atoms with Gasteiger partial charge in [0, 0.05) is 5.41 Å². The van der Waals surface area contributed by atoms with Gasteiger partial charge in [0.1, 0.15) is 10.6 Å². The summed E-state index contributed by atoms with van der Waals surface area (Å²) in [4.78, 5) is 11.7. The van der Waals surface area contributed by atoms with Crippen LogP contribution in [0, 0.1) is 19.3 Å². The summed E-state index contributed by atoms with van der Waals surface area (Å²) in [5.41, 5.74) is -0.301. The quantitative estimate of drug-likeness (QED) is 0.890. The van der Waals surface area contributed by atoms with Crippen LogP contribution in [-0.2, 0) is 14.8 Å². The minimum absolute atomic E-state index is 0.00390. The van der Waals surface area contributed by atoms with Gasteiger partial charge in [0.25, 0.3) is 0 Å². The van der Waals surface area contributed by atoms with Gasteiger partial charge in [-0.2, -0.15) is 0 Å². The lowest BCUT2D eigenvalue weighted by atomic mass is 9.91. The number of Topliss-reactive ketones (excluding diaryl/α,β-unsaturated/α-hetero) is 1. The molecule has 0 saturated carbocycles. The maximum atomic E-state index is 12.0. The van der Waals surface area contributed by atoms with Crippen molar-refractivity contribution in [3.8, 4) is 0 Å².